The maximum absolute atomic E-state index is 13.6. The van der Waals surface area contributed by atoms with E-state index in [0.717, 1.165) is 56.3 Å². The Kier molecular flexibility index (Phi) is 5.11. The molecule has 0 N–H and O–H groups in total. The third-order valence-corrected chi connectivity index (χ3v) is 6.23. The van der Waals surface area contributed by atoms with Crippen molar-refractivity contribution >= 4 is 5.91 Å². The van der Waals surface area contributed by atoms with Gasteiger partial charge in [0.05, 0.1) is 11.6 Å². The molecular weight excluding hydrogens is 378 g/mol. The lowest BCUT2D eigenvalue weighted by Crippen LogP contribution is -2.39. The smallest absolute Gasteiger partial charge is 0.274 e. The number of aryl methyl sites for hydroxylation is 1. The molecule has 0 radical (unpaired) electrons. The van der Waals surface area contributed by atoms with E-state index in [2.05, 4.69) is 22.3 Å². The van der Waals surface area contributed by atoms with E-state index in [-0.39, 0.29) is 11.8 Å². The van der Waals surface area contributed by atoms with Crippen LogP contribution in [-0.4, -0.2) is 43.8 Å². The molecule has 1 saturated heterocycles. The van der Waals surface area contributed by atoms with Gasteiger partial charge >= 0.3 is 0 Å². The standard InChI is InChI=1S/C23H27N5O2/c1-16-24-22(30-26-16)17-9-8-14-27(15-17)23(29)21-19-12-6-3-7-13-20(19)28(25-21)18-10-4-2-5-11-18/h2,4-5,10-11,17H,3,6-9,12-15H2,1H3/t17-/m0/s1. The molecule has 7 nitrogen and oxygen atoms in total. The average Bonchev–Trinajstić information content (AvgIpc) is 3.29. The van der Waals surface area contributed by atoms with E-state index in [9.17, 15) is 4.79 Å². The van der Waals surface area contributed by atoms with Gasteiger partial charge < -0.3 is 9.42 Å². The fourth-order valence-electron chi connectivity index (χ4n) is 4.72. The molecule has 2 aliphatic rings. The van der Waals surface area contributed by atoms with Crippen LogP contribution in [0.15, 0.2) is 34.9 Å². The van der Waals surface area contributed by atoms with Crippen LogP contribution >= 0.6 is 0 Å². The number of benzene rings is 1. The number of carbonyl (C=O) groups excluding carboxylic acids is 1. The number of piperidine rings is 1. The van der Waals surface area contributed by atoms with Crippen LogP contribution in [-0.2, 0) is 12.8 Å². The molecule has 1 aromatic carbocycles. The lowest BCUT2D eigenvalue weighted by atomic mass is 9.97. The van der Waals surface area contributed by atoms with Crippen molar-refractivity contribution in [3.05, 3.63) is 59.0 Å². The topological polar surface area (TPSA) is 77.0 Å². The van der Waals surface area contributed by atoms with E-state index in [1.54, 1.807) is 0 Å². The van der Waals surface area contributed by atoms with Gasteiger partial charge in [-0.1, -0.05) is 29.8 Å². The van der Waals surface area contributed by atoms with Crippen LogP contribution in [0, 0.1) is 6.92 Å². The number of amides is 1. The quantitative estimate of drug-likeness (QED) is 0.619. The van der Waals surface area contributed by atoms with E-state index >= 15 is 0 Å². The van der Waals surface area contributed by atoms with Crippen molar-refractivity contribution in [3.8, 4) is 5.69 Å². The van der Waals surface area contributed by atoms with Crippen molar-refractivity contribution in [2.45, 2.75) is 57.8 Å². The van der Waals surface area contributed by atoms with Gasteiger partial charge in [0.15, 0.2) is 11.5 Å². The molecule has 1 atom stereocenters. The van der Waals surface area contributed by atoms with Crippen LogP contribution in [0.1, 0.15) is 71.5 Å². The molecule has 7 heteroatoms. The van der Waals surface area contributed by atoms with Crippen molar-refractivity contribution in [2.24, 2.45) is 0 Å². The number of para-hydroxylation sites is 1. The minimum atomic E-state index is 0.0313. The summed E-state index contributed by atoms with van der Waals surface area (Å²) in [7, 11) is 0. The third kappa shape index (κ3) is 3.53. The first-order valence-corrected chi connectivity index (χ1v) is 11.0. The highest BCUT2D eigenvalue weighted by Crippen LogP contribution is 2.30. The second-order valence-electron chi connectivity index (χ2n) is 8.35. The van der Waals surface area contributed by atoms with E-state index in [1.165, 1.54) is 12.1 Å². The predicted molar refractivity (Wildman–Crippen MR) is 112 cm³/mol. The Morgan fingerprint density at radius 1 is 1.10 bits per heavy atom. The second-order valence-corrected chi connectivity index (χ2v) is 8.35. The lowest BCUT2D eigenvalue weighted by Gasteiger charge is -2.30. The molecule has 0 saturated carbocycles. The number of fused-ring (bicyclic) bond motifs is 1. The molecule has 2 aromatic heterocycles. The van der Waals surface area contributed by atoms with E-state index in [1.807, 2.05) is 34.7 Å². The van der Waals surface area contributed by atoms with Crippen molar-refractivity contribution in [2.75, 3.05) is 13.1 Å². The average molecular weight is 406 g/mol. The minimum absolute atomic E-state index is 0.0313. The molecule has 3 aromatic rings. The van der Waals surface area contributed by atoms with Crippen LogP contribution < -0.4 is 0 Å². The number of carbonyl (C=O) groups is 1. The molecule has 3 heterocycles. The Labute approximate surface area is 176 Å². The Balaban J connectivity index is 1.47. The van der Waals surface area contributed by atoms with Crippen molar-refractivity contribution < 1.29 is 9.32 Å². The summed E-state index contributed by atoms with van der Waals surface area (Å²) in [4.78, 5) is 19.9. The highest BCUT2D eigenvalue weighted by Gasteiger charge is 2.32. The molecule has 1 fully saturated rings. The van der Waals surface area contributed by atoms with E-state index in [0.29, 0.717) is 24.0 Å². The highest BCUT2D eigenvalue weighted by atomic mass is 16.5. The zero-order valence-electron chi connectivity index (χ0n) is 17.4. The van der Waals surface area contributed by atoms with Gasteiger partial charge in [0.1, 0.15) is 0 Å². The van der Waals surface area contributed by atoms with Gasteiger partial charge in [-0.05, 0) is 57.6 Å². The van der Waals surface area contributed by atoms with Crippen molar-refractivity contribution in [3.63, 3.8) is 0 Å². The van der Waals surface area contributed by atoms with Crippen LogP contribution in [0.4, 0.5) is 0 Å². The highest BCUT2D eigenvalue weighted by molar-refractivity contribution is 5.94. The van der Waals surface area contributed by atoms with Crippen LogP contribution in [0.2, 0.25) is 0 Å². The summed E-state index contributed by atoms with van der Waals surface area (Å²) in [6.45, 7) is 3.17. The van der Waals surface area contributed by atoms with Gasteiger partial charge in [0.25, 0.3) is 5.91 Å². The number of nitrogens with zero attached hydrogens (tertiary/aromatic N) is 5. The fourth-order valence-corrected chi connectivity index (χ4v) is 4.72. The number of hydrogen-bond donors (Lipinski definition) is 0. The molecule has 156 valence electrons. The third-order valence-electron chi connectivity index (χ3n) is 6.23. The normalized spacial score (nSPS) is 19.4. The summed E-state index contributed by atoms with van der Waals surface area (Å²) < 4.78 is 7.38. The van der Waals surface area contributed by atoms with Crippen LogP contribution in [0.3, 0.4) is 0 Å². The van der Waals surface area contributed by atoms with Gasteiger partial charge in [0.2, 0.25) is 5.89 Å². The molecular formula is C23H27N5O2. The molecule has 1 aliphatic heterocycles. The zero-order chi connectivity index (χ0) is 20.5. The van der Waals surface area contributed by atoms with Crippen LogP contribution in [0.25, 0.3) is 5.69 Å². The molecule has 0 spiro atoms. The first kappa shape index (κ1) is 19.0. The first-order valence-electron chi connectivity index (χ1n) is 11.0. The van der Waals surface area contributed by atoms with Crippen molar-refractivity contribution in [1.82, 2.24) is 24.8 Å². The Morgan fingerprint density at radius 2 is 1.93 bits per heavy atom. The zero-order valence-corrected chi connectivity index (χ0v) is 17.4. The maximum Gasteiger partial charge on any atom is 0.274 e. The van der Waals surface area contributed by atoms with Gasteiger partial charge in [0, 0.05) is 24.3 Å². The van der Waals surface area contributed by atoms with E-state index < -0.39 is 0 Å². The maximum atomic E-state index is 13.6. The molecule has 0 unspecified atom stereocenters. The number of hydrogen-bond acceptors (Lipinski definition) is 5. The lowest BCUT2D eigenvalue weighted by molar-refractivity contribution is 0.0688. The summed E-state index contributed by atoms with van der Waals surface area (Å²) in [5.74, 6) is 1.40. The van der Waals surface area contributed by atoms with Gasteiger partial charge in [-0.3, -0.25) is 4.79 Å². The predicted octanol–water partition coefficient (Wildman–Crippen LogP) is 3.85. The van der Waals surface area contributed by atoms with E-state index in [4.69, 9.17) is 9.62 Å². The number of aromatic nitrogens is 4. The SMILES string of the molecule is Cc1noc([C@H]2CCCN(C(=O)c3nn(-c4ccccc4)c4c3CCCCC4)C2)n1. The molecule has 0 bridgehead atoms. The summed E-state index contributed by atoms with van der Waals surface area (Å²) in [5, 5.41) is 8.77. The Bertz CT molecular complexity index is 1040. The number of rotatable bonds is 3. The van der Waals surface area contributed by atoms with Gasteiger partial charge in [-0.25, -0.2) is 4.68 Å². The fraction of sp³-hybridized carbons (Fsp3) is 0.478. The first-order chi connectivity index (χ1) is 14.7. The molecule has 1 aliphatic carbocycles. The molecule has 1 amide bonds. The largest absolute Gasteiger partial charge is 0.339 e. The van der Waals surface area contributed by atoms with Crippen molar-refractivity contribution in [1.29, 1.82) is 0 Å². The summed E-state index contributed by atoms with van der Waals surface area (Å²) in [6, 6.07) is 10.2. The summed E-state index contributed by atoms with van der Waals surface area (Å²) in [5.41, 5.74) is 3.98. The monoisotopic (exact) mass is 405 g/mol. The van der Waals surface area contributed by atoms with Gasteiger partial charge in [-0.2, -0.15) is 10.1 Å². The number of likely N-dealkylation sites (tertiary alicyclic amines) is 1. The minimum Gasteiger partial charge on any atom is -0.339 e. The summed E-state index contributed by atoms with van der Waals surface area (Å²) in [6.07, 6.45) is 7.22. The van der Waals surface area contributed by atoms with Gasteiger partial charge in [-0.15, -0.1) is 0 Å². The summed E-state index contributed by atoms with van der Waals surface area (Å²) >= 11 is 0. The molecule has 30 heavy (non-hydrogen) atoms. The molecule has 5 rings (SSSR count). The van der Waals surface area contributed by atoms with Crippen LogP contribution in [0.5, 0.6) is 0 Å². The Hall–Kier alpha value is -2.96. The Morgan fingerprint density at radius 3 is 2.73 bits per heavy atom. The second kappa shape index (κ2) is 8.05.